The summed E-state index contributed by atoms with van der Waals surface area (Å²) in [5.41, 5.74) is 0.811. The molecule has 0 bridgehead atoms. The number of hydrogen-bond donors (Lipinski definition) is 1. The molecule has 0 heterocycles. The molecule has 19 heavy (non-hydrogen) atoms. The van der Waals surface area contributed by atoms with Gasteiger partial charge in [-0.1, -0.05) is 12.1 Å². The summed E-state index contributed by atoms with van der Waals surface area (Å²) in [4.78, 5) is 22.7. The molecule has 5 heteroatoms. The zero-order valence-corrected chi connectivity index (χ0v) is 11.1. The molecule has 1 N–H and O–H groups in total. The highest BCUT2D eigenvalue weighted by atomic mass is 19.1. The summed E-state index contributed by atoms with van der Waals surface area (Å²) < 4.78 is 17.5. The van der Waals surface area contributed by atoms with Crippen LogP contribution in [0.2, 0.25) is 0 Å². The van der Waals surface area contributed by atoms with Crippen LogP contribution in [0.5, 0.6) is 0 Å². The Hall–Kier alpha value is -1.91. The van der Waals surface area contributed by atoms with E-state index in [0.29, 0.717) is 6.61 Å². The van der Waals surface area contributed by atoms with Crippen LogP contribution in [0.3, 0.4) is 0 Å². The Morgan fingerprint density at radius 3 is 2.47 bits per heavy atom. The first kappa shape index (κ1) is 15.1. The number of benzene rings is 1. The van der Waals surface area contributed by atoms with Crippen molar-refractivity contribution in [2.45, 2.75) is 32.7 Å². The lowest BCUT2D eigenvalue weighted by Crippen LogP contribution is -2.27. The van der Waals surface area contributed by atoms with E-state index in [1.807, 2.05) is 0 Å². The molecular formula is C14H18FNO3. The second-order valence-electron chi connectivity index (χ2n) is 4.15. The molecule has 0 aliphatic rings. The fourth-order valence-electron chi connectivity index (χ4n) is 1.60. The Balaban J connectivity index is 2.39. The molecule has 104 valence electrons. The normalized spacial score (nSPS) is 11.7. The van der Waals surface area contributed by atoms with Crippen molar-refractivity contribution < 1.29 is 18.7 Å². The van der Waals surface area contributed by atoms with Gasteiger partial charge in [0.15, 0.2) is 0 Å². The van der Waals surface area contributed by atoms with E-state index in [4.69, 9.17) is 4.74 Å². The van der Waals surface area contributed by atoms with Crippen molar-refractivity contribution in [3.05, 3.63) is 35.6 Å². The third-order valence-electron chi connectivity index (χ3n) is 2.61. The van der Waals surface area contributed by atoms with Crippen molar-refractivity contribution in [1.82, 2.24) is 5.32 Å². The lowest BCUT2D eigenvalue weighted by molar-refractivity contribution is -0.144. The van der Waals surface area contributed by atoms with Crippen LogP contribution < -0.4 is 5.32 Å². The maximum atomic E-state index is 12.8. The molecule has 1 atom stereocenters. The number of carbonyl (C=O) groups excluding carboxylic acids is 2. The van der Waals surface area contributed by atoms with Crippen LogP contribution in [0, 0.1) is 5.82 Å². The van der Waals surface area contributed by atoms with Crippen LogP contribution in [0.25, 0.3) is 0 Å². The fourth-order valence-corrected chi connectivity index (χ4v) is 1.60. The summed E-state index contributed by atoms with van der Waals surface area (Å²) in [7, 11) is 0. The van der Waals surface area contributed by atoms with Gasteiger partial charge >= 0.3 is 5.97 Å². The average Bonchev–Trinajstić information content (AvgIpc) is 2.37. The first-order chi connectivity index (χ1) is 9.02. The van der Waals surface area contributed by atoms with Gasteiger partial charge in [-0.25, -0.2) is 4.39 Å². The Morgan fingerprint density at radius 2 is 1.89 bits per heavy atom. The minimum atomic E-state index is -0.382. The lowest BCUT2D eigenvalue weighted by atomic mass is 10.1. The molecule has 0 aliphatic heterocycles. The SMILES string of the molecule is CCOC(=O)CCC(=O)NC(C)c1ccc(F)cc1. The minimum absolute atomic E-state index is 0.0653. The van der Waals surface area contributed by atoms with E-state index in [1.54, 1.807) is 26.0 Å². The maximum Gasteiger partial charge on any atom is 0.306 e. The number of halogens is 1. The molecule has 0 aromatic heterocycles. The van der Waals surface area contributed by atoms with Crippen molar-refractivity contribution in [1.29, 1.82) is 0 Å². The van der Waals surface area contributed by atoms with Gasteiger partial charge < -0.3 is 10.1 Å². The zero-order chi connectivity index (χ0) is 14.3. The summed E-state index contributed by atoms with van der Waals surface area (Å²) in [6.07, 6.45) is 0.153. The highest BCUT2D eigenvalue weighted by Gasteiger charge is 2.11. The van der Waals surface area contributed by atoms with Gasteiger partial charge in [-0.3, -0.25) is 9.59 Å². The third-order valence-corrected chi connectivity index (χ3v) is 2.61. The zero-order valence-electron chi connectivity index (χ0n) is 11.1. The molecule has 1 aromatic rings. The molecule has 1 unspecified atom stereocenters. The summed E-state index contributed by atoms with van der Waals surface area (Å²) in [5, 5.41) is 2.74. The number of esters is 1. The van der Waals surface area contributed by atoms with Gasteiger partial charge in [0.2, 0.25) is 5.91 Å². The standard InChI is InChI=1S/C14H18FNO3/c1-3-19-14(18)9-8-13(17)16-10(2)11-4-6-12(15)7-5-11/h4-7,10H,3,8-9H2,1-2H3,(H,16,17). The van der Waals surface area contributed by atoms with Crippen molar-refractivity contribution in [3.8, 4) is 0 Å². The van der Waals surface area contributed by atoms with Crippen molar-refractivity contribution >= 4 is 11.9 Å². The quantitative estimate of drug-likeness (QED) is 0.805. The summed E-state index contributed by atoms with van der Waals surface area (Å²) in [6.45, 7) is 3.83. The predicted molar refractivity (Wildman–Crippen MR) is 68.8 cm³/mol. The number of carbonyl (C=O) groups is 2. The van der Waals surface area contributed by atoms with Crippen LogP contribution in [0.4, 0.5) is 4.39 Å². The van der Waals surface area contributed by atoms with E-state index in [-0.39, 0.29) is 36.6 Å². The molecule has 4 nitrogen and oxygen atoms in total. The average molecular weight is 267 g/mol. The first-order valence-electron chi connectivity index (χ1n) is 6.23. The van der Waals surface area contributed by atoms with Gasteiger partial charge in [0, 0.05) is 6.42 Å². The van der Waals surface area contributed by atoms with E-state index in [1.165, 1.54) is 12.1 Å². The molecular weight excluding hydrogens is 249 g/mol. The molecule has 1 amide bonds. The Labute approximate surface area is 112 Å². The molecule has 0 radical (unpaired) electrons. The van der Waals surface area contributed by atoms with Crippen LogP contribution in [-0.2, 0) is 14.3 Å². The van der Waals surface area contributed by atoms with Crippen LogP contribution in [0.15, 0.2) is 24.3 Å². The van der Waals surface area contributed by atoms with E-state index in [0.717, 1.165) is 5.56 Å². The Morgan fingerprint density at radius 1 is 1.26 bits per heavy atom. The first-order valence-corrected chi connectivity index (χ1v) is 6.23. The monoisotopic (exact) mass is 267 g/mol. The van der Waals surface area contributed by atoms with Gasteiger partial charge in [-0.15, -0.1) is 0 Å². The number of nitrogens with one attached hydrogen (secondary N) is 1. The van der Waals surface area contributed by atoms with Crippen molar-refractivity contribution in [2.24, 2.45) is 0 Å². The number of hydrogen-bond acceptors (Lipinski definition) is 3. The summed E-state index contributed by atoms with van der Waals surface area (Å²) >= 11 is 0. The highest BCUT2D eigenvalue weighted by molar-refractivity contribution is 5.81. The molecule has 0 saturated carbocycles. The Bertz CT molecular complexity index is 431. The molecule has 0 aliphatic carbocycles. The molecule has 1 rings (SSSR count). The minimum Gasteiger partial charge on any atom is -0.466 e. The van der Waals surface area contributed by atoms with Crippen LogP contribution in [-0.4, -0.2) is 18.5 Å². The van der Waals surface area contributed by atoms with E-state index < -0.39 is 0 Å². The summed E-state index contributed by atoms with van der Waals surface area (Å²) in [5.74, 6) is -0.929. The smallest absolute Gasteiger partial charge is 0.306 e. The second kappa shape index (κ2) is 7.51. The summed E-state index contributed by atoms with van der Waals surface area (Å²) in [6, 6.07) is 5.69. The predicted octanol–water partition coefficient (Wildman–Crippen LogP) is 2.35. The van der Waals surface area contributed by atoms with Crippen molar-refractivity contribution in [3.63, 3.8) is 0 Å². The maximum absolute atomic E-state index is 12.8. The number of amides is 1. The van der Waals surface area contributed by atoms with Gasteiger partial charge in [-0.05, 0) is 31.5 Å². The second-order valence-corrected chi connectivity index (χ2v) is 4.15. The van der Waals surface area contributed by atoms with Crippen LogP contribution in [0.1, 0.15) is 38.3 Å². The molecule has 0 saturated heterocycles. The van der Waals surface area contributed by atoms with E-state index in [9.17, 15) is 14.0 Å². The molecule has 0 fully saturated rings. The fraction of sp³-hybridized carbons (Fsp3) is 0.429. The molecule has 0 spiro atoms. The van der Waals surface area contributed by atoms with Gasteiger partial charge in [0.05, 0.1) is 19.1 Å². The Kier molecular flexibility index (Phi) is 5.99. The lowest BCUT2D eigenvalue weighted by Gasteiger charge is -2.14. The molecule has 1 aromatic carbocycles. The van der Waals surface area contributed by atoms with E-state index in [2.05, 4.69) is 5.32 Å². The van der Waals surface area contributed by atoms with Gasteiger partial charge in [0.25, 0.3) is 0 Å². The van der Waals surface area contributed by atoms with Gasteiger partial charge in [-0.2, -0.15) is 0 Å². The third kappa shape index (κ3) is 5.50. The van der Waals surface area contributed by atoms with Gasteiger partial charge in [0.1, 0.15) is 5.82 Å². The number of ether oxygens (including phenoxy) is 1. The highest BCUT2D eigenvalue weighted by Crippen LogP contribution is 2.13. The largest absolute Gasteiger partial charge is 0.466 e. The van der Waals surface area contributed by atoms with Crippen LogP contribution >= 0.6 is 0 Å². The number of rotatable bonds is 6. The van der Waals surface area contributed by atoms with E-state index >= 15 is 0 Å². The van der Waals surface area contributed by atoms with Crippen molar-refractivity contribution in [2.75, 3.05) is 6.61 Å². The topological polar surface area (TPSA) is 55.4 Å².